The molecule has 0 amide bonds. The Hall–Kier alpha value is 1.10. The van der Waals surface area contributed by atoms with E-state index in [4.69, 9.17) is 0 Å². The zero-order chi connectivity index (χ0) is 9.54. The average Bonchev–Trinajstić information content (AvgIpc) is 2.06. The minimum atomic E-state index is 0. The summed E-state index contributed by atoms with van der Waals surface area (Å²) in [6.45, 7) is 14.3. The van der Waals surface area contributed by atoms with Crippen LogP contribution in [0.25, 0.3) is 0 Å². The molecule has 0 aliphatic heterocycles. The maximum Gasteiger partial charge on any atom is 0 e. The molecule has 0 bridgehead atoms. The number of unbranched alkanes of at least 4 members (excludes halogenated alkanes) is 2. The van der Waals surface area contributed by atoms with Crippen LogP contribution < -0.4 is 0 Å². The molecule has 0 N–H and O–H groups in total. The van der Waals surface area contributed by atoms with Crippen LogP contribution in [0, 0.1) is 14.4 Å². The predicted molar refractivity (Wildman–Crippen MR) is 76.7 cm³/mol. The molecule has 0 rings (SSSR count). The molecule has 0 saturated heterocycles. The van der Waals surface area contributed by atoms with Crippen LogP contribution >= 0.6 is 0 Å². The van der Waals surface area contributed by atoms with E-state index in [9.17, 15) is 0 Å². The third kappa shape index (κ3) is 269. The van der Waals surface area contributed by atoms with E-state index in [-0.39, 0.29) is 55.0 Å². The molecule has 0 aliphatic rings. The molecule has 15 heavy (non-hydrogen) atoms. The Labute approximate surface area is 128 Å². The molecule has 0 saturated carbocycles. The first-order valence-electron chi connectivity index (χ1n) is 5.04. The molecule has 0 aromatic carbocycles. The van der Waals surface area contributed by atoms with Gasteiger partial charge in [-0.25, -0.2) is 0 Å². The van der Waals surface area contributed by atoms with E-state index in [1.54, 1.807) is 0 Å². The molecule has 1 heteroatoms. The molecule has 99 valence electrons. The fraction of sp³-hybridized carbons (Fsp3) is 0.857. The normalized spacial score (nSPS) is 5.20. The van der Waals surface area contributed by atoms with Gasteiger partial charge in [0.15, 0.2) is 0 Å². The first-order chi connectivity index (χ1) is 5.24. The van der Waals surface area contributed by atoms with Crippen molar-refractivity contribution >= 4 is 0 Å². The fourth-order valence-electron chi connectivity index (χ4n) is 0. The summed E-state index contributed by atoms with van der Waals surface area (Å²) in [6.07, 6.45) is 6.17. The predicted octanol–water partition coefficient (Wildman–Crippen LogP) is 6.56. The maximum atomic E-state index is 3.60. The van der Waals surface area contributed by atoms with Crippen LogP contribution in [0.3, 0.4) is 0 Å². The summed E-state index contributed by atoms with van der Waals surface area (Å²) in [6, 6.07) is 0. The first kappa shape index (κ1) is 44.3. The SMILES string of the molecule is C.C.CCC.CCCC.[CH2-]CCC.[CH3-].[Y]. The molecule has 0 aliphatic carbocycles. The van der Waals surface area contributed by atoms with Gasteiger partial charge in [0.25, 0.3) is 0 Å². The van der Waals surface area contributed by atoms with Gasteiger partial charge in [0.05, 0.1) is 0 Å². The van der Waals surface area contributed by atoms with E-state index < -0.39 is 0 Å². The van der Waals surface area contributed by atoms with E-state index >= 15 is 0 Å². The largest absolute Gasteiger partial charge is 0.358 e. The van der Waals surface area contributed by atoms with Crippen molar-refractivity contribution in [1.82, 2.24) is 0 Å². The fourth-order valence-corrected chi connectivity index (χ4v) is 0. The Balaban J connectivity index is -0.0000000114. The van der Waals surface area contributed by atoms with E-state index in [0.29, 0.717) is 0 Å². The molecule has 0 aromatic heterocycles. The van der Waals surface area contributed by atoms with Crippen LogP contribution in [-0.4, -0.2) is 0 Å². The van der Waals surface area contributed by atoms with Gasteiger partial charge in [-0.15, -0.1) is 0 Å². The maximum absolute atomic E-state index is 3.60. The van der Waals surface area contributed by atoms with Crippen molar-refractivity contribution in [3.8, 4) is 0 Å². The molecule has 0 spiro atoms. The van der Waals surface area contributed by atoms with Crippen LogP contribution in [0.15, 0.2) is 0 Å². The van der Waals surface area contributed by atoms with E-state index in [2.05, 4.69) is 41.5 Å². The van der Waals surface area contributed by atoms with Gasteiger partial charge in [0, 0.05) is 32.7 Å². The smallest absolute Gasteiger partial charge is 0 e. The van der Waals surface area contributed by atoms with Gasteiger partial charge in [-0.1, -0.05) is 75.2 Å². The molecule has 0 nitrogen and oxygen atoms in total. The summed E-state index contributed by atoms with van der Waals surface area (Å²) < 4.78 is 0. The standard InChI is InChI=1S/C4H10.C4H9.C3H8.2CH4.CH3.Y/c2*1-3-4-2;1-3-2;;;;/h3-4H2,1-2H3;1,3-4H2,2H3;3H2,1-2H3;2*1H4;1H3;/q;-1;;;;-1;. The molecular weight excluding hydrogens is 257 g/mol. The number of hydrogen-bond donors (Lipinski definition) is 0. The number of rotatable bonds is 2. The van der Waals surface area contributed by atoms with Crippen molar-refractivity contribution < 1.29 is 32.7 Å². The van der Waals surface area contributed by atoms with Crippen LogP contribution in [0.4, 0.5) is 0 Å². The van der Waals surface area contributed by atoms with Crippen molar-refractivity contribution in [2.24, 2.45) is 0 Å². The third-order valence-electron chi connectivity index (χ3n) is 0.854. The topological polar surface area (TPSA) is 0 Å². The van der Waals surface area contributed by atoms with Crippen LogP contribution in [0.1, 0.15) is 81.6 Å². The number of hydrogen-bond acceptors (Lipinski definition) is 0. The molecule has 0 atom stereocenters. The van der Waals surface area contributed by atoms with Crippen LogP contribution in [0.2, 0.25) is 0 Å². The summed E-state index contributed by atoms with van der Waals surface area (Å²) in [4.78, 5) is 0. The van der Waals surface area contributed by atoms with Gasteiger partial charge in [0.2, 0.25) is 0 Å². The summed E-state index contributed by atoms with van der Waals surface area (Å²) in [5, 5.41) is 0. The summed E-state index contributed by atoms with van der Waals surface area (Å²) in [5.41, 5.74) is 0. The minimum absolute atomic E-state index is 0. The summed E-state index contributed by atoms with van der Waals surface area (Å²) >= 11 is 0. The quantitative estimate of drug-likeness (QED) is 0.506. The van der Waals surface area contributed by atoms with Crippen LogP contribution in [0.5, 0.6) is 0 Å². The van der Waals surface area contributed by atoms with Crippen molar-refractivity contribution in [2.45, 2.75) is 81.6 Å². The summed E-state index contributed by atoms with van der Waals surface area (Å²) in [7, 11) is 0. The third-order valence-corrected chi connectivity index (χ3v) is 0.854. The summed E-state index contributed by atoms with van der Waals surface area (Å²) in [5.74, 6) is 0. The monoisotopic (exact) mass is 295 g/mol. The van der Waals surface area contributed by atoms with Crippen molar-refractivity contribution in [1.29, 1.82) is 0 Å². The van der Waals surface area contributed by atoms with Crippen LogP contribution in [-0.2, 0) is 32.7 Å². The zero-order valence-corrected chi connectivity index (χ0v) is 13.7. The van der Waals surface area contributed by atoms with Gasteiger partial charge in [-0.2, -0.15) is 6.42 Å². The van der Waals surface area contributed by atoms with Gasteiger partial charge >= 0.3 is 0 Å². The average molecular weight is 295 g/mol. The Morgan fingerprint density at radius 3 is 0.867 bits per heavy atom. The Bertz CT molecular complexity index is 20.5. The van der Waals surface area contributed by atoms with E-state index in [1.165, 1.54) is 25.7 Å². The van der Waals surface area contributed by atoms with Gasteiger partial charge in [0.1, 0.15) is 0 Å². The van der Waals surface area contributed by atoms with Gasteiger partial charge in [-0.05, 0) is 0 Å². The molecular formula is C14H38Y-2. The van der Waals surface area contributed by atoms with Crippen molar-refractivity contribution in [3.63, 3.8) is 0 Å². The van der Waals surface area contributed by atoms with Crippen molar-refractivity contribution in [2.75, 3.05) is 0 Å². The second-order valence-electron chi connectivity index (χ2n) is 2.56. The second kappa shape index (κ2) is 80.6. The second-order valence-corrected chi connectivity index (χ2v) is 2.56. The Kier molecular flexibility index (Phi) is 238. The minimum Gasteiger partial charge on any atom is -0.358 e. The molecule has 0 heterocycles. The van der Waals surface area contributed by atoms with E-state index in [0.717, 1.165) is 6.42 Å². The Morgan fingerprint density at radius 2 is 0.867 bits per heavy atom. The Morgan fingerprint density at radius 1 is 0.733 bits per heavy atom. The molecule has 0 unspecified atom stereocenters. The van der Waals surface area contributed by atoms with E-state index in [1.807, 2.05) is 0 Å². The zero-order valence-electron chi connectivity index (χ0n) is 10.8. The first-order valence-corrected chi connectivity index (χ1v) is 5.04. The van der Waals surface area contributed by atoms with Gasteiger partial charge in [-0.3, -0.25) is 0 Å². The molecule has 1 radical (unpaired) electrons. The van der Waals surface area contributed by atoms with Gasteiger partial charge < -0.3 is 14.4 Å². The molecule has 0 aromatic rings. The molecule has 0 fully saturated rings. The van der Waals surface area contributed by atoms with Crippen molar-refractivity contribution in [3.05, 3.63) is 14.4 Å².